The second kappa shape index (κ2) is 7.49. The smallest absolute Gasteiger partial charge is 0.342 e. The van der Waals surface area contributed by atoms with Crippen molar-refractivity contribution in [3.8, 4) is 17.2 Å². The van der Waals surface area contributed by atoms with Gasteiger partial charge >= 0.3 is 5.97 Å². The van der Waals surface area contributed by atoms with Gasteiger partial charge in [-0.15, -0.1) is 0 Å². The summed E-state index contributed by atoms with van der Waals surface area (Å²) in [6, 6.07) is 9.13. The predicted octanol–water partition coefficient (Wildman–Crippen LogP) is 3.21. The van der Waals surface area contributed by atoms with Crippen molar-refractivity contribution in [2.75, 3.05) is 21.3 Å². The van der Waals surface area contributed by atoms with E-state index in [1.54, 1.807) is 24.3 Å². The molecule has 0 atom stereocenters. The zero-order valence-electron chi connectivity index (χ0n) is 13.1. The van der Waals surface area contributed by atoms with Gasteiger partial charge in [-0.2, -0.15) is 0 Å². The first-order valence-electron chi connectivity index (χ1n) is 6.80. The Labute approximate surface area is 133 Å². The first-order chi connectivity index (χ1) is 11.1. The summed E-state index contributed by atoms with van der Waals surface area (Å²) in [4.78, 5) is 12.1. The average molecular weight is 320 g/mol. The van der Waals surface area contributed by atoms with Gasteiger partial charge in [-0.3, -0.25) is 0 Å². The average Bonchev–Trinajstić information content (AvgIpc) is 2.59. The van der Waals surface area contributed by atoms with E-state index in [4.69, 9.17) is 18.9 Å². The lowest BCUT2D eigenvalue weighted by Gasteiger charge is -2.11. The van der Waals surface area contributed by atoms with Crippen molar-refractivity contribution < 1.29 is 28.1 Å². The molecular formula is C17H17FO5. The largest absolute Gasteiger partial charge is 0.497 e. The molecule has 5 nitrogen and oxygen atoms in total. The molecule has 0 saturated carbocycles. The van der Waals surface area contributed by atoms with Crippen molar-refractivity contribution in [3.05, 3.63) is 53.3 Å². The van der Waals surface area contributed by atoms with Gasteiger partial charge in [0, 0.05) is 6.07 Å². The maximum Gasteiger partial charge on any atom is 0.342 e. The fourth-order valence-corrected chi connectivity index (χ4v) is 1.99. The third-order valence-corrected chi connectivity index (χ3v) is 3.21. The van der Waals surface area contributed by atoms with E-state index in [0.29, 0.717) is 17.1 Å². The van der Waals surface area contributed by atoms with Crippen LogP contribution in [0.4, 0.5) is 4.39 Å². The van der Waals surface area contributed by atoms with Crippen molar-refractivity contribution in [2.45, 2.75) is 6.61 Å². The van der Waals surface area contributed by atoms with Gasteiger partial charge in [-0.25, -0.2) is 9.18 Å². The molecule has 0 radical (unpaired) electrons. The minimum atomic E-state index is -0.569. The monoisotopic (exact) mass is 320 g/mol. The van der Waals surface area contributed by atoms with Crippen molar-refractivity contribution in [3.63, 3.8) is 0 Å². The van der Waals surface area contributed by atoms with Crippen molar-refractivity contribution in [1.82, 2.24) is 0 Å². The fraction of sp³-hybridized carbons (Fsp3) is 0.235. The summed E-state index contributed by atoms with van der Waals surface area (Å²) < 4.78 is 33.9. The van der Waals surface area contributed by atoms with Crippen molar-refractivity contribution >= 4 is 5.97 Å². The summed E-state index contributed by atoms with van der Waals surface area (Å²) in [6.07, 6.45) is 0. The molecule has 6 heteroatoms. The molecule has 0 N–H and O–H groups in total. The molecule has 0 spiro atoms. The van der Waals surface area contributed by atoms with Gasteiger partial charge in [0.25, 0.3) is 0 Å². The highest BCUT2D eigenvalue weighted by Crippen LogP contribution is 2.25. The number of methoxy groups -OCH3 is 3. The molecule has 2 rings (SSSR count). The molecule has 0 aliphatic heterocycles. The molecular weight excluding hydrogens is 303 g/mol. The standard InChI is InChI=1S/C17H17FO5/c1-20-12-5-6-13(16(9-12)22-3)17(19)23-10-11-4-7-15(21-2)14(18)8-11/h4-9H,10H2,1-3H3. The van der Waals surface area contributed by atoms with Crippen LogP contribution in [0, 0.1) is 5.82 Å². The Balaban J connectivity index is 2.09. The highest BCUT2D eigenvalue weighted by atomic mass is 19.1. The summed E-state index contributed by atoms with van der Waals surface area (Å²) in [5.74, 6) is -0.0356. The molecule has 0 unspecified atom stereocenters. The molecule has 122 valence electrons. The first kappa shape index (κ1) is 16.6. The summed E-state index contributed by atoms with van der Waals surface area (Å²) in [6.45, 7) is -0.0606. The van der Waals surface area contributed by atoms with Gasteiger partial charge in [0.15, 0.2) is 11.6 Å². The number of rotatable bonds is 6. The third kappa shape index (κ3) is 3.91. The van der Waals surface area contributed by atoms with Gasteiger partial charge in [0.05, 0.1) is 21.3 Å². The van der Waals surface area contributed by atoms with E-state index in [1.165, 1.54) is 33.5 Å². The Morgan fingerprint density at radius 1 is 0.957 bits per heavy atom. The van der Waals surface area contributed by atoms with Gasteiger partial charge in [-0.05, 0) is 29.8 Å². The number of hydrogen-bond acceptors (Lipinski definition) is 5. The summed E-state index contributed by atoms with van der Waals surface area (Å²) in [5, 5.41) is 0. The maximum absolute atomic E-state index is 13.6. The van der Waals surface area contributed by atoms with Gasteiger partial charge in [-0.1, -0.05) is 6.07 Å². The number of benzene rings is 2. The minimum Gasteiger partial charge on any atom is -0.497 e. The summed E-state index contributed by atoms with van der Waals surface area (Å²) >= 11 is 0. The van der Waals surface area contributed by atoms with E-state index in [2.05, 4.69) is 0 Å². The molecule has 0 heterocycles. The molecule has 0 saturated heterocycles. The van der Waals surface area contributed by atoms with E-state index < -0.39 is 11.8 Å². The number of carbonyl (C=O) groups is 1. The number of esters is 1. The van der Waals surface area contributed by atoms with E-state index in [9.17, 15) is 9.18 Å². The Hall–Kier alpha value is -2.76. The zero-order chi connectivity index (χ0) is 16.8. The van der Waals surface area contributed by atoms with Crippen LogP contribution in [0.5, 0.6) is 17.2 Å². The van der Waals surface area contributed by atoms with Crippen LogP contribution in [0.2, 0.25) is 0 Å². The SMILES string of the molecule is COc1ccc(C(=O)OCc2ccc(OC)c(F)c2)c(OC)c1. The molecule has 0 fully saturated rings. The molecule has 0 aliphatic carbocycles. The van der Waals surface area contributed by atoms with E-state index in [0.717, 1.165) is 0 Å². The first-order valence-corrected chi connectivity index (χ1v) is 6.80. The van der Waals surface area contributed by atoms with Gasteiger partial charge < -0.3 is 18.9 Å². The topological polar surface area (TPSA) is 54.0 Å². The summed E-state index contributed by atoms with van der Waals surface area (Å²) in [5.41, 5.74) is 0.784. The quantitative estimate of drug-likeness (QED) is 0.765. The zero-order valence-corrected chi connectivity index (χ0v) is 13.1. The molecule has 0 aromatic heterocycles. The second-order valence-electron chi connectivity index (χ2n) is 4.61. The molecule has 0 aliphatic rings. The minimum absolute atomic E-state index is 0.0606. The number of hydrogen-bond donors (Lipinski definition) is 0. The van der Waals surface area contributed by atoms with E-state index in [-0.39, 0.29) is 17.9 Å². The van der Waals surface area contributed by atoms with Crippen LogP contribution < -0.4 is 14.2 Å². The number of halogens is 1. The summed E-state index contributed by atoms with van der Waals surface area (Å²) in [7, 11) is 4.35. The fourth-order valence-electron chi connectivity index (χ4n) is 1.99. The van der Waals surface area contributed by atoms with Crippen molar-refractivity contribution in [2.24, 2.45) is 0 Å². The third-order valence-electron chi connectivity index (χ3n) is 3.21. The van der Waals surface area contributed by atoms with Crippen LogP contribution in [-0.2, 0) is 11.3 Å². The highest BCUT2D eigenvalue weighted by Gasteiger charge is 2.15. The van der Waals surface area contributed by atoms with Crippen molar-refractivity contribution in [1.29, 1.82) is 0 Å². The van der Waals surface area contributed by atoms with Crippen LogP contribution in [-0.4, -0.2) is 27.3 Å². The predicted molar refractivity (Wildman–Crippen MR) is 81.6 cm³/mol. The molecule has 0 amide bonds. The Morgan fingerprint density at radius 2 is 1.70 bits per heavy atom. The van der Waals surface area contributed by atoms with Crippen LogP contribution in [0.1, 0.15) is 15.9 Å². The van der Waals surface area contributed by atoms with Gasteiger partial charge in [0.2, 0.25) is 0 Å². The van der Waals surface area contributed by atoms with Crippen LogP contribution >= 0.6 is 0 Å². The lowest BCUT2D eigenvalue weighted by molar-refractivity contribution is 0.0468. The Bertz CT molecular complexity index is 699. The normalized spacial score (nSPS) is 10.1. The van der Waals surface area contributed by atoms with Gasteiger partial charge in [0.1, 0.15) is 23.7 Å². The lowest BCUT2D eigenvalue weighted by atomic mass is 10.2. The highest BCUT2D eigenvalue weighted by molar-refractivity contribution is 5.92. The Morgan fingerprint density at radius 3 is 2.30 bits per heavy atom. The molecule has 2 aromatic rings. The maximum atomic E-state index is 13.6. The van der Waals surface area contributed by atoms with Crippen LogP contribution in [0.15, 0.2) is 36.4 Å². The number of ether oxygens (including phenoxy) is 4. The van der Waals surface area contributed by atoms with E-state index >= 15 is 0 Å². The lowest BCUT2D eigenvalue weighted by Crippen LogP contribution is -2.07. The number of carbonyl (C=O) groups excluding carboxylic acids is 1. The van der Waals surface area contributed by atoms with E-state index in [1.807, 2.05) is 0 Å². The molecule has 2 aromatic carbocycles. The Kier molecular flexibility index (Phi) is 5.41. The molecule has 23 heavy (non-hydrogen) atoms. The second-order valence-corrected chi connectivity index (χ2v) is 4.61. The van der Waals surface area contributed by atoms with Crippen LogP contribution in [0.25, 0.3) is 0 Å². The van der Waals surface area contributed by atoms with Crippen LogP contribution in [0.3, 0.4) is 0 Å². The molecule has 0 bridgehead atoms.